The lowest BCUT2D eigenvalue weighted by atomic mass is 10.1. The van der Waals surface area contributed by atoms with Crippen molar-refractivity contribution in [1.29, 1.82) is 0 Å². The Morgan fingerprint density at radius 1 is 1.03 bits per heavy atom. The first kappa shape index (κ1) is 19.8. The van der Waals surface area contributed by atoms with Gasteiger partial charge in [-0.05, 0) is 40.8 Å². The summed E-state index contributed by atoms with van der Waals surface area (Å²) in [4.78, 5) is 26.8. The van der Waals surface area contributed by atoms with Gasteiger partial charge in [0.2, 0.25) is 0 Å². The second-order valence-corrected chi connectivity index (χ2v) is 6.21. The molecule has 0 aliphatic carbocycles. The van der Waals surface area contributed by atoms with Crippen LogP contribution in [0.2, 0.25) is 0 Å². The van der Waals surface area contributed by atoms with Crippen LogP contribution in [0, 0.1) is 0 Å². The van der Waals surface area contributed by atoms with Gasteiger partial charge in [0.25, 0.3) is 11.8 Å². The zero-order chi connectivity index (χ0) is 21.0. The lowest BCUT2D eigenvalue weighted by Crippen LogP contribution is -2.24. The second kappa shape index (κ2) is 8.38. The smallest absolute Gasteiger partial charge is 0.255 e. The molecule has 1 aromatic heterocycles. The molecule has 0 radical (unpaired) electrons. The van der Waals surface area contributed by atoms with Gasteiger partial charge in [-0.1, -0.05) is 0 Å². The maximum Gasteiger partial charge on any atom is 0.255 e. The standard InChI is InChI=1S/C19H20N6O4/c1-24(2)19(27)14-9-16(28-3)17(29-4)10-15(14)21-18(26)12-5-7-13(8-6-12)25-11-20-22-23-25/h5-11H,1-4H3,(H,21,26). The Bertz CT molecular complexity index is 1020. The van der Waals surface area contributed by atoms with E-state index in [2.05, 4.69) is 20.8 Å². The third kappa shape index (κ3) is 4.15. The van der Waals surface area contributed by atoms with Crippen molar-refractivity contribution in [3.63, 3.8) is 0 Å². The molecular formula is C19H20N6O4. The van der Waals surface area contributed by atoms with Crippen molar-refractivity contribution in [2.24, 2.45) is 0 Å². The summed E-state index contributed by atoms with van der Waals surface area (Å²) in [5, 5.41) is 13.7. The van der Waals surface area contributed by atoms with Crippen molar-refractivity contribution in [2.45, 2.75) is 0 Å². The van der Waals surface area contributed by atoms with Gasteiger partial charge >= 0.3 is 0 Å². The van der Waals surface area contributed by atoms with Crippen molar-refractivity contribution in [1.82, 2.24) is 25.1 Å². The Labute approximate surface area is 167 Å². The minimum atomic E-state index is -0.381. The number of nitrogens with zero attached hydrogens (tertiary/aromatic N) is 5. The van der Waals surface area contributed by atoms with E-state index >= 15 is 0 Å². The molecule has 10 nitrogen and oxygen atoms in total. The van der Waals surface area contributed by atoms with Gasteiger partial charge in [0, 0.05) is 25.7 Å². The fraction of sp³-hybridized carbons (Fsp3) is 0.211. The molecule has 0 spiro atoms. The molecule has 0 aliphatic heterocycles. The third-order valence-electron chi connectivity index (χ3n) is 4.15. The van der Waals surface area contributed by atoms with Crippen LogP contribution in [0.5, 0.6) is 11.5 Å². The van der Waals surface area contributed by atoms with Crippen molar-refractivity contribution in [3.05, 3.63) is 53.9 Å². The van der Waals surface area contributed by atoms with Crippen LogP contribution in [-0.2, 0) is 0 Å². The molecule has 0 saturated carbocycles. The van der Waals surface area contributed by atoms with E-state index in [1.165, 1.54) is 36.2 Å². The average Bonchev–Trinajstić information content (AvgIpc) is 3.27. The van der Waals surface area contributed by atoms with E-state index in [4.69, 9.17) is 9.47 Å². The molecule has 0 aliphatic rings. The Morgan fingerprint density at radius 2 is 1.69 bits per heavy atom. The minimum Gasteiger partial charge on any atom is -0.493 e. The minimum absolute atomic E-state index is 0.282. The van der Waals surface area contributed by atoms with Gasteiger partial charge in [-0.25, -0.2) is 4.68 Å². The number of amides is 2. The van der Waals surface area contributed by atoms with E-state index < -0.39 is 0 Å². The largest absolute Gasteiger partial charge is 0.493 e. The number of tetrazole rings is 1. The summed E-state index contributed by atoms with van der Waals surface area (Å²) in [6, 6.07) is 9.80. The third-order valence-corrected chi connectivity index (χ3v) is 4.15. The van der Waals surface area contributed by atoms with Gasteiger partial charge in [-0.2, -0.15) is 0 Å². The number of benzene rings is 2. The van der Waals surface area contributed by atoms with Crippen LogP contribution in [0.1, 0.15) is 20.7 Å². The van der Waals surface area contributed by atoms with E-state index in [-0.39, 0.29) is 17.4 Å². The van der Waals surface area contributed by atoms with E-state index in [9.17, 15) is 9.59 Å². The van der Waals surface area contributed by atoms with Crippen molar-refractivity contribution in [2.75, 3.05) is 33.6 Å². The SMILES string of the molecule is COc1cc(NC(=O)c2ccc(-n3cnnn3)cc2)c(C(=O)N(C)C)cc1OC. The summed E-state index contributed by atoms with van der Waals surface area (Å²) in [5.41, 5.74) is 1.71. The normalized spacial score (nSPS) is 10.3. The molecule has 29 heavy (non-hydrogen) atoms. The number of hydrogen-bond acceptors (Lipinski definition) is 7. The molecule has 2 amide bonds. The molecular weight excluding hydrogens is 376 g/mol. The fourth-order valence-corrected chi connectivity index (χ4v) is 2.64. The monoisotopic (exact) mass is 396 g/mol. The summed E-state index contributed by atoms with van der Waals surface area (Å²) >= 11 is 0. The van der Waals surface area contributed by atoms with Gasteiger partial charge in [0.1, 0.15) is 6.33 Å². The molecule has 150 valence electrons. The number of carbonyl (C=O) groups excluding carboxylic acids is 2. The maximum atomic E-state index is 12.8. The number of hydrogen-bond donors (Lipinski definition) is 1. The molecule has 10 heteroatoms. The number of aromatic nitrogens is 4. The molecule has 1 N–H and O–H groups in total. The maximum absolute atomic E-state index is 12.8. The zero-order valence-electron chi connectivity index (χ0n) is 16.4. The van der Waals surface area contributed by atoms with Gasteiger partial charge in [0.05, 0.1) is 31.2 Å². The van der Waals surface area contributed by atoms with Crippen LogP contribution in [0.4, 0.5) is 5.69 Å². The molecule has 3 rings (SSSR count). The lowest BCUT2D eigenvalue weighted by molar-refractivity contribution is 0.0828. The number of methoxy groups -OCH3 is 2. The first-order valence-electron chi connectivity index (χ1n) is 8.57. The molecule has 0 fully saturated rings. The van der Waals surface area contributed by atoms with Crippen LogP contribution in [-0.4, -0.2) is 65.2 Å². The predicted molar refractivity (Wildman–Crippen MR) is 105 cm³/mol. The van der Waals surface area contributed by atoms with Crippen LogP contribution in [0.25, 0.3) is 5.69 Å². The predicted octanol–water partition coefficient (Wildman–Crippen LogP) is 1.63. The van der Waals surface area contributed by atoms with Crippen LogP contribution < -0.4 is 14.8 Å². The summed E-state index contributed by atoms with van der Waals surface area (Å²) in [6.45, 7) is 0. The van der Waals surface area contributed by atoms with Crippen molar-refractivity contribution < 1.29 is 19.1 Å². The summed E-state index contributed by atoms with van der Waals surface area (Å²) in [6.07, 6.45) is 1.46. The highest BCUT2D eigenvalue weighted by molar-refractivity contribution is 6.09. The molecule has 2 aromatic carbocycles. The quantitative estimate of drug-likeness (QED) is 0.674. The van der Waals surface area contributed by atoms with Gasteiger partial charge in [0.15, 0.2) is 11.5 Å². The van der Waals surface area contributed by atoms with Crippen LogP contribution in [0.3, 0.4) is 0 Å². The highest BCUT2D eigenvalue weighted by Crippen LogP contribution is 2.34. The van der Waals surface area contributed by atoms with E-state index in [1.807, 2.05) is 0 Å². The van der Waals surface area contributed by atoms with Gasteiger partial charge in [-0.3, -0.25) is 9.59 Å². The molecule has 0 unspecified atom stereocenters. The van der Waals surface area contributed by atoms with E-state index in [0.29, 0.717) is 28.4 Å². The highest BCUT2D eigenvalue weighted by atomic mass is 16.5. The van der Waals surface area contributed by atoms with E-state index in [0.717, 1.165) is 0 Å². The summed E-state index contributed by atoms with van der Waals surface area (Å²) in [5.74, 6) is 0.122. The zero-order valence-corrected chi connectivity index (χ0v) is 16.4. The molecule has 1 heterocycles. The topological polar surface area (TPSA) is 111 Å². The molecule has 0 saturated heterocycles. The Balaban J connectivity index is 1.91. The first-order valence-corrected chi connectivity index (χ1v) is 8.57. The van der Waals surface area contributed by atoms with Crippen molar-refractivity contribution >= 4 is 17.5 Å². The van der Waals surface area contributed by atoms with Crippen LogP contribution >= 0.6 is 0 Å². The second-order valence-electron chi connectivity index (χ2n) is 6.21. The number of anilines is 1. The summed E-state index contributed by atoms with van der Waals surface area (Å²) < 4.78 is 12.0. The number of carbonyl (C=O) groups is 2. The lowest BCUT2D eigenvalue weighted by Gasteiger charge is -2.18. The number of nitrogens with one attached hydrogen (secondary N) is 1. The summed E-state index contributed by atoms with van der Waals surface area (Å²) in [7, 11) is 6.21. The number of rotatable bonds is 6. The molecule has 0 atom stereocenters. The van der Waals surface area contributed by atoms with Crippen molar-refractivity contribution in [3.8, 4) is 17.2 Å². The first-order chi connectivity index (χ1) is 13.9. The van der Waals surface area contributed by atoms with E-state index in [1.54, 1.807) is 44.4 Å². The molecule has 0 bridgehead atoms. The average molecular weight is 396 g/mol. The Hall–Kier alpha value is -3.95. The van der Waals surface area contributed by atoms with Gasteiger partial charge in [-0.15, -0.1) is 5.10 Å². The Kier molecular flexibility index (Phi) is 5.72. The fourth-order valence-electron chi connectivity index (χ4n) is 2.64. The Morgan fingerprint density at radius 3 is 2.24 bits per heavy atom. The molecule has 3 aromatic rings. The highest BCUT2D eigenvalue weighted by Gasteiger charge is 2.20. The number of ether oxygens (including phenoxy) is 2. The van der Waals surface area contributed by atoms with Gasteiger partial charge < -0.3 is 19.7 Å². The van der Waals surface area contributed by atoms with Crippen LogP contribution in [0.15, 0.2) is 42.7 Å².